The smallest absolute Gasteiger partial charge is 0.0455 e. The van der Waals surface area contributed by atoms with Gasteiger partial charge in [-0.3, -0.25) is 0 Å². The molecule has 0 amide bonds. The van der Waals surface area contributed by atoms with E-state index in [1.165, 1.54) is 9.75 Å². The summed E-state index contributed by atoms with van der Waals surface area (Å²) in [5.41, 5.74) is 6.57. The Morgan fingerprint density at radius 2 is 2.33 bits per heavy atom. The zero-order valence-corrected chi connectivity index (χ0v) is 6.59. The van der Waals surface area contributed by atoms with Crippen LogP contribution in [0, 0.1) is 6.92 Å². The highest BCUT2D eigenvalue weighted by Gasteiger charge is 1.97. The Balaban J connectivity index is 2.98. The summed E-state index contributed by atoms with van der Waals surface area (Å²) >= 11 is 1.79. The van der Waals surface area contributed by atoms with Gasteiger partial charge < -0.3 is 5.73 Å². The average Bonchev–Trinajstić information content (AvgIpc) is 2.13. The fraction of sp³-hybridized carbons (Fsp3) is 0.429. The summed E-state index contributed by atoms with van der Waals surface area (Å²) in [6.07, 6.45) is 1.10. The minimum Gasteiger partial charge on any atom is -0.398 e. The number of rotatable bonds is 1. The maximum atomic E-state index is 5.63. The van der Waals surface area contributed by atoms with E-state index in [2.05, 4.69) is 19.9 Å². The van der Waals surface area contributed by atoms with Gasteiger partial charge in [0.2, 0.25) is 0 Å². The van der Waals surface area contributed by atoms with Crippen LogP contribution in [0.25, 0.3) is 0 Å². The van der Waals surface area contributed by atoms with Crippen molar-refractivity contribution in [2.24, 2.45) is 0 Å². The number of thiophene rings is 1. The van der Waals surface area contributed by atoms with Gasteiger partial charge in [0.25, 0.3) is 0 Å². The molecule has 1 heterocycles. The molecule has 1 rings (SSSR count). The number of hydrogen-bond donors (Lipinski definition) is 1. The maximum Gasteiger partial charge on any atom is 0.0455 e. The number of anilines is 1. The second kappa shape index (κ2) is 2.40. The highest BCUT2D eigenvalue weighted by atomic mass is 32.1. The summed E-state index contributed by atoms with van der Waals surface area (Å²) < 4.78 is 0. The summed E-state index contributed by atoms with van der Waals surface area (Å²) in [5.74, 6) is 0. The fourth-order valence-corrected chi connectivity index (χ4v) is 1.63. The zero-order valence-electron chi connectivity index (χ0n) is 5.77. The second-order valence-corrected chi connectivity index (χ2v) is 3.42. The van der Waals surface area contributed by atoms with Gasteiger partial charge in [-0.05, 0) is 19.4 Å². The van der Waals surface area contributed by atoms with Crippen molar-refractivity contribution in [3.63, 3.8) is 0 Å². The lowest BCUT2D eigenvalue weighted by atomic mass is 10.3. The Kier molecular flexibility index (Phi) is 1.76. The van der Waals surface area contributed by atoms with Gasteiger partial charge >= 0.3 is 0 Å². The molecule has 2 heteroatoms. The van der Waals surface area contributed by atoms with Crippen molar-refractivity contribution in [3.05, 3.63) is 15.8 Å². The van der Waals surface area contributed by atoms with Crippen molar-refractivity contribution in [2.75, 3.05) is 5.73 Å². The monoisotopic (exact) mass is 141 g/mol. The first-order valence-electron chi connectivity index (χ1n) is 3.08. The normalized spacial score (nSPS) is 10.0. The van der Waals surface area contributed by atoms with E-state index < -0.39 is 0 Å². The lowest BCUT2D eigenvalue weighted by molar-refractivity contribution is 1.19. The summed E-state index contributed by atoms with van der Waals surface area (Å²) in [6, 6.07) is 2.06. The van der Waals surface area contributed by atoms with Crippen LogP contribution in [0.15, 0.2) is 6.07 Å². The van der Waals surface area contributed by atoms with E-state index in [9.17, 15) is 0 Å². The highest BCUT2D eigenvalue weighted by molar-refractivity contribution is 7.12. The molecule has 9 heavy (non-hydrogen) atoms. The van der Waals surface area contributed by atoms with Gasteiger partial charge in [0.1, 0.15) is 0 Å². The van der Waals surface area contributed by atoms with Crippen molar-refractivity contribution < 1.29 is 0 Å². The fourth-order valence-electron chi connectivity index (χ4n) is 0.734. The number of nitrogens with two attached hydrogens (primary N) is 1. The van der Waals surface area contributed by atoms with E-state index in [1.54, 1.807) is 11.3 Å². The van der Waals surface area contributed by atoms with Crippen molar-refractivity contribution in [1.82, 2.24) is 0 Å². The lowest BCUT2D eigenvalue weighted by Crippen LogP contribution is -1.80. The molecule has 2 N–H and O–H groups in total. The third-order valence-corrected chi connectivity index (χ3v) is 2.57. The number of nitrogen functional groups attached to an aromatic ring is 1. The van der Waals surface area contributed by atoms with Crippen LogP contribution in [0.4, 0.5) is 5.69 Å². The van der Waals surface area contributed by atoms with E-state index in [0.717, 1.165) is 12.1 Å². The van der Waals surface area contributed by atoms with Crippen molar-refractivity contribution in [1.29, 1.82) is 0 Å². The third-order valence-electron chi connectivity index (χ3n) is 1.36. The molecule has 0 spiro atoms. The number of hydrogen-bond acceptors (Lipinski definition) is 2. The van der Waals surface area contributed by atoms with Crippen LogP contribution in [0.2, 0.25) is 0 Å². The Morgan fingerprint density at radius 1 is 1.67 bits per heavy atom. The number of aryl methyl sites for hydroxylation is 2. The minimum atomic E-state index is 0.942. The molecule has 50 valence electrons. The van der Waals surface area contributed by atoms with E-state index >= 15 is 0 Å². The summed E-state index contributed by atoms with van der Waals surface area (Å²) in [7, 11) is 0. The first-order chi connectivity index (χ1) is 4.24. The van der Waals surface area contributed by atoms with Gasteiger partial charge in [-0.15, -0.1) is 11.3 Å². The second-order valence-electron chi connectivity index (χ2n) is 2.08. The topological polar surface area (TPSA) is 26.0 Å². The van der Waals surface area contributed by atoms with Crippen LogP contribution in [-0.2, 0) is 6.42 Å². The molecule has 0 aliphatic heterocycles. The molecule has 0 aliphatic carbocycles. The Morgan fingerprint density at radius 3 is 2.56 bits per heavy atom. The predicted octanol–water partition coefficient (Wildman–Crippen LogP) is 2.20. The first-order valence-corrected chi connectivity index (χ1v) is 3.90. The van der Waals surface area contributed by atoms with Crippen molar-refractivity contribution in [2.45, 2.75) is 20.3 Å². The standard InChI is InChI=1S/C7H11NS/c1-3-6-4-7(8)5(2)9-6/h4H,3,8H2,1-2H3. The van der Waals surface area contributed by atoms with Crippen LogP contribution >= 0.6 is 11.3 Å². The maximum absolute atomic E-state index is 5.63. The molecule has 1 nitrogen and oxygen atoms in total. The molecule has 0 unspecified atom stereocenters. The Bertz CT molecular complexity index is 183. The molecule has 0 fully saturated rings. The first kappa shape index (κ1) is 6.62. The Hall–Kier alpha value is -0.500. The van der Waals surface area contributed by atoms with E-state index in [0.29, 0.717) is 0 Å². The molecule has 0 aromatic carbocycles. The molecular formula is C7H11NS. The van der Waals surface area contributed by atoms with E-state index in [1.807, 2.05) is 0 Å². The molecule has 1 aromatic rings. The predicted molar refractivity (Wildman–Crippen MR) is 42.8 cm³/mol. The molecule has 1 aromatic heterocycles. The van der Waals surface area contributed by atoms with Gasteiger partial charge in [-0.25, -0.2) is 0 Å². The van der Waals surface area contributed by atoms with Crippen LogP contribution < -0.4 is 5.73 Å². The Labute approximate surface area is 59.5 Å². The molecule has 0 radical (unpaired) electrons. The molecule has 0 aliphatic rings. The van der Waals surface area contributed by atoms with E-state index in [4.69, 9.17) is 5.73 Å². The third kappa shape index (κ3) is 1.24. The van der Waals surface area contributed by atoms with Crippen LogP contribution in [0.3, 0.4) is 0 Å². The molecule has 0 bridgehead atoms. The van der Waals surface area contributed by atoms with Crippen molar-refractivity contribution in [3.8, 4) is 0 Å². The van der Waals surface area contributed by atoms with Gasteiger partial charge in [0.05, 0.1) is 0 Å². The van der Waals surface area contributed by atoms with Crippen molar-refractivity contribution >= 4 is 17.0 Å². The van der Waals surface area contributed by atoms with Crippen LogP contribution in [0.5, 0.6) is 0 Å². The average molecular weight is 141 g/mol. The minimum absolute atomic E-state index is 0.942. The SMILES string of the molecule is CCc1cc(N)c(C)s1. The lowest BCUT2D eigenvalue weighted by Gasteiger charge is -1.81. The van der Waals surface area contributed by atoms with Gasteiger partial charge in [0, 0.05) is 15.4 Å². The molecule has 0 atom stereocenters. The highest BCUT2D eigenvalue weighted by Crippen LogP contribution is 2.23. The quantitative estimate of drug-likeness (QED) is 0.637. The van der Waals surface area contributed by atoms with Gasteiger partial charge in [-0.2, -0.15) is 0 Å². The zero-order chi connectivity index (χ0) is 6.85. The van der Waals surface area contributed by atoms with E-state index in [-0.39, 0.29) is 0 Å². The largest absolute Gasteiger partial charge is 0.398 e. The summed E-state index contributed by atoms with van der Waals surface area (Å²) in [5, 5.41) is 0. The van der Waals surface area contributed by atoms with Gasteiger partial charge in [0.15, 0.2) is 0 Å². The van der Waals surface area contributed by atoms with Crippen LogP contribution in [-0.4, -0.2) is 0 Å². The molecule has 0 saturated carbocycles. The molecule has 0 saturated heterocycles. The molecular weight excluding hydrogens is 130 g/mol. The van der Waals surface area contributed by atoms with Gasteiger partial charge in [-0.1, -0.05) is 6.92 Å². The van der Waals surface area contributed by atoms with Crippen LogP contribution in [0.1, 0.15) is 16.7 Å². The summed E-state index contributed by atoms with van der Waals surface area (Å²) in [4.78, 5) is 2.62. The summed E-state index contributed by atoms with van der Waals surface area (Å²) in [6.45, 7) is 4.20.